The van der Waals surface area contributed by atoms with Crippen molar-refractivity contribution in [1.82, 2.24) is 9.78 Å². The lowest BCUT2D eigenvalue weighted by Crippen LogP contribution is -2.03. The van der Waals surface area contributed by atoms with E-state index >= 15 is 0 Å². The molecule has 96 valence electrons. The highest BCUT2D eigenvalue weighted by molar-refractivity contribution is 5.42. The summed E-state index contributed by atoms with van der Waals surface area (Å²) in [4.78, 5) is 0. The highest BCUT2D eigenvalue weighted by atomic mass is 16.3. The maximum Gasteiger partial charge on any atom is 0.160 e. The first-order valence-electron chi connectivity index (χ1n) is 6.51. The third kappa shape index (κ3) is 2.26. The number of hydrogen-bond acceptors (Lipinski definition) is 2. The van der Waals surface area contributed by atoms with Gasteiger partial charge in [0.15, 0.2) is 5.75 Å². The summed E-state index contributed by atoms with van der Waals surface area (Å²) in [5.41, 5.74) is 2.69. The SMILES string of the molecule is CCCc1nn(-c2ccccc2)c(C(C)C)c1O. The molecule has 3 nitrogen and oxygen atoms in total. The third-order valence-corrected chi connectivity index (χ3v) is 3.00. The number of aromatic nitrogens is 2. The molecule has 0 aliphatic rings. The number of aromatic hydroxyl groups is 1. The Kier molecular flexibility index (Phi) is 3.70. The van der Waals surface area contributed by atoms with Crippen LogP contribution in [0.2, 0.25) is 0 Å². The Morgan fingerprint density at radius 2 is 1.89 bits per heavy atom. The molecule has 0 unspecified atom stereocenters. The summed E-state index contributed by atoms with van der Waals surface area (Å²) in [5.74, 6) is 0.596. The molecule has 2 rings (SSSR count). The standard InChI is InChI=1S/C15H20N2O/c1-4-8-13-15(18)14(11(2)3)17(16-13)12-9-6-5-7-10-12/h5-7,9-11,18H,4,8H2,1-3H3. The molecule has 1 heterocycles. The molecule has 0 radical (unpaired) electrons. The Morgan fingerprint density at radius 1 is 1.22 bits per heavy atom. The fraction of sp³-hybridized carbons (Fsp3) is 0.400. The van der Waals surface area contributed by atoms with Gasteiger partial charge in [-0.1, -0.05) is 45.4 Å². The summed E-state index contributed by atoms with van der Waals surface area (Å²) in [5, 5.41) is 14.8. The van der Waals surface area contributed by atoms with Crippen LogP contribution >= 0.6 is 0 Å². The zero-order valence-corrected chi connectivity index (χ0v) is 11.2. The summed E-state index contributed by atoms with van der Waals surface area (Å²) in [6.07, 6.45) is 1.79. The summed E-state index contributed by atoms with van der Waals surface area (Å²) >= 11 is 0. The lowest BCUT2D eigenvalue weighted by Gasteiger charge is -2.10. The van der Waals surface area contributed by atoms with E-state index in [1.165, 1.54) is 0 Å². The lowest BCUT2D eigenvalue weighted by atomic mass is 10.1. The second kappa shape index (κ2) is 5.25. The number of rotatable bonds is 4. The summed E-state index contributed by atoms with van der Waals surface area (Å²) in [7, 11) is 0. The van der Waals surface area contributed by atoms with Crippen molar-refractivity contribution < 1.29 is 5.11 Å². The fourth-order valence-corrected chi connectivity index (χ4v) is 2.16. The number of aryl methyl sites for hydroxylation is 1. The van der Waals surface area contributed by atoms with Gasteiger partial charge in [0.1, 0.15) is 5.69 Å². The van der Waals surface area contributed by atoms with Gasteiger partial charge in [0.05, 0.1) is 11.4 Å². The Labute approximate surface area is 108 Å². The van der Waals surface area contributed by atoms with Crippen molar-refractivity contribution in [3.8, 4) is 11.4 Å². The summed E-state index contributed by atoms with van der Waals surface area (Å²) in [6.45, 7) is 6.24. The second-order valence-corrected chi connectivity index (χ2v) is 4.83. The van der Waals surface area contributed by atoms with Crippen LogP contribution in [0.25, 0.3) is 5.69 Å². The zero-order valence-electron chi connectivity index (χ0n) is 11.2. The van der Waals surface area contributed by atoms with Crippen molar-refractivity contribution in [1.29, 1.82) is 0 Å². The van der Waals surface area contributed by atoms with E-state index in [2.05, 4.69) is 25.9 Å². The average Bonchev–Trinajstić information content (AvgIpc) is 2.69. The van der Waals surface area contributed by atoms with Crippen LogP contribution in [0.5, 0.6) is 5.75 Å². The Hall–Kier alpha value is -1.77. The van der Waals surface area contributed by atoms with Gasteiger partial charge in [0, 0.05) is 0 Å². The van der Waals surface area contributed by atoms with Crippen molar-refractivity contribution in [3.05, 3.63) is 41.7 Å². The molecule has 3 heteroatoms. The molecule has 1 aromatic carbocycles. The highest BCUT2D eigenvalue weighted by Crippen LogP contribution is 2.31. The van der Waals surface area contributed by atoms with E-state index in [-0.39, 0.29) is 5.92 Å². The molecule has 1 N–H and O–H groups in total. The maximum absolute atomic E-state index is 10.3. The van der Waals surface area contributed by atoms with Crippen LogP contribution in [-0.4, -0.2) is 14.9 Å². The van der Waals surface area contributed by atoms with Crippen LogP contribution in [0.4, 0.5) is 0 Å². The van der Waals surface area contributed by atoms with Gasteiger partial charge in [-0.25, -0.2) is 4.68 Å². The minimum absolute atomic E-state index is 0.239. The van der Waals surface area contributed by atoms with Gasteiger partial charge >= 0.3 is 0 Å². The normalized spacial score (nSPS) is 11.1. The van der Waals surface area contributed by atoms with Gasteiger partial charge in [0.2, 0.25) is 0 Å². The molecule has 0 aliphatic carbocycles. The van der Waals surface area contributed by atoms with Crippen molar-refractivity contribution in [2.45, 2.75) is 39.5 Å². The van der Waals surface area contributed by atoms with Gasteiger partial charge in [-0.2, -0.15) is 5.10 Å². The molecular formula is C15H20N2O. The van der Waals surface area contributed by atoms with Gasteiger partial charge in [0.25, 0.3) is 0 Å². The van der Waals surface area contributed by atoms with Crippen LogP contribution < -0.4 is 0 Å². The van der Waals surface area contributed by atoms with Crippen LogP contribution in [0, 0.1) is 0 Å². The molecule has 0 fully saturated rings. The molecule has 0 saturated carbocycles. The van der Waals surface area contributed by atoms with E-state index < -0.39 is 0 Å². The molecule has 0 aliphatic heterocycles. The zero-order chi connectivity index (χ0) is 13.1. The van der Waals surface area contributed by atoms with Crippen molar-refractivity contribution in [3.63, 3.8) is 0 Å². The monoisotopic (exact) mass is 244 g/mol. The minimum Gasteiger partial charge on any atom is -0.504 e. The van der Waals surface area contributed by atoms with E-state index in [0.29, 0.717) is 5.75 Å². The first kappa shape index (κ1) is 12.7. The number of nitrogens with zero attached hydrogens (tertiary/aromatic N) is 2. The topological polar surface area (TPSA) is 38.0 Å². The van der Waals surface area contributed by atoms with Crippen LogP contribution in [0.1, 0.15) is 44.5 Å². The smallest absolute Gasteiger partial charge is 0.160 e. The second-order valence-electron chi connectivity index (χ2n) is 4.83. The molecular weight excluding hydrogens is 224 g/mol. The Morgan fingerprint density at radius 3 is 2.44 bits per heavy atom. The van der Waals surface area contributed by atoms with Crippen molar-refractivity contribution in [2.75, 3.05) is 0 Å². The van der Waals surface area contributed by atoms with E-state index in [0.717, 1.165) is 29.9 Å². The molecule has 2 aromatic rings. The lowest BCUT2D eigenvalue weighted by molar-refractivity contribution is 0.456. The Balaban J connectivity index is 2.56. The van der Waals surface area contributed by atoms with E-state index in [4.69, 9.17) is 0 Å². The third-order valence-electron chi connectivity index (χ3n) is 3.00. The van der Waals surface area contributed by atoms with Gasteiger partial charge in [-0.15, -0.1) is 0 Å². The average molecular weight is 244 g/mol. The number of para-hydroxylation sites is 1. The van der Waals surface area contributed by atoms with E-state index in [9.17, 15) is 5.11 Å². The fourth-order valence-electron chi connectivity index (χ4n) is 2.16. The van der Waals surface area contributed by atoms with Crippen LogP contribution in [0.15, 0.2) is 30.3 Å². The Bertz CT molecular complexity index is 515. The molecule has 0 amide bonds. The van der Waals surface area contributed by atoms with Crippen LogP contribution in [-0.2, 0) is 6.42 Å². The largest absolute Gasteiger partial charge is 0.504 e. The van der Waals surface area contributed by atoms with Crippen LogP contribution in [0.3, 0.4) is 0 Å². The van der Waals surface area contributed by atoms with Gasteiger partial charge < -0.3 is 5.11 Å². The highest BCUT2D eigenvalue weighted by Gasteiger charge is 2.19. The summed E-state index contributed by atoms with van der Waals surface area (Å²) in [6, 6.07) is 9.96. The van der Waals surface area contributed by atoms with Crippen molar-refractivity contribution >= 4 is 0 Å². The maximum atomic E-state index is 10.3. The predicted octanol–water partition coefficient (Wildman–Crippen LogP) is 3.65. The quantitative estimate of drug-likeness (QED) is 0.891. The number of benzene rings is 1. The predicted molar refractivity (Wildman–Crippen MR) is 73.3 cm³/mol. The molecule has 1 aromatic heterocycles. The van der Waals surface area contributed by atoms with Crippen molar-refractivity contribution in [2.24, 2.45) is 0 Å². The first-order chi connectivity index (χ1) is 8.65. The molecule has 0 saturated heterocycles. The van der Waals surface area contributed by atoms with Gasteiger partial charge in [-0.3, -0.25) is 0 Å². The minimum atomic E-state index is 0.239. The molecule has 0 atom stereocenters. The molecule has 0 bridgehead atoms. The van der Waals surface area contributed by atoms with E-state index in [1.807, 2.05) is 35.0 Å². The van der Waals surface area contributed by atoms with Gasteiger partial charge in [-0.05, 0) is 24.5 Å². The molecule has 18 heavy (non-hydrogen) atoms. The summed E-state index contributed by atoms with van der Waals surface area (Å²) < 4.78 is 1.87. The first-order valence-corrected chi connectivity index (χ1v) is 6.51. The molecule has 0 spiro atoms. The van der Waals surface area contributed by atoms with E-state index in [1.54, 1.807) is 0 Å². The number of hydrogen-bond donors (Lipinski definition) is 1.